The molecule has 6 atom stereocenters. The fourth-order valence-corrected chi connectivity index (χ4v) is 4.82. The van der Waals surface area contributed by atoms with E-state index >= 15 is 0 Å². The molecular weight excluding hydrogens is 270 g/mol. The number of rotatable bonds is 1. The molecule has 2 aliphatic carbocycles. The van der Waals surface area contributed by atoms with Crippen LogP contribution in [-0.4, -0.2) is 29.1 Å². The quantitative estimate of drug-likeness (QED) is 0.579. The Hall–Kier alpha value is -0.830. The third-order valence-electron chi connectivity index (χ3n) is 5.46. The van der Waals surface area contributed by atoms with Crippen LogP contribution in [0.15, 0.2) is 42.5 Å². The summed E-state index contributed by atoms with van der Waals surface area (Å²) in [7, 11) is 2.16. The predicted molar refractivity (Wildman–Crippen MR) is 80.6 cm³/mol. The molecule has 1 saturated heterocycles. The number of benzene rings is 1. The Morgan fingerprint density at radius 2 is 2.00 bits per heavy atom. The van der Waals surface area contributed by atoms with Gasteiger partial charge in [0.25, 0.3) is 0 Å². The minimum atomic E-state index is -0.319. The summed E-state index contributed by atoms with van der Waals surface area (Å²) >= 11 is 6.77. The summed E-state index contributed by atoms with van der Waals surface area (Å²) < 4.78 is 6.61. The molecule has 1 heterocycles. The topological polar surface area (TPSA) is 12.5 Å². The number of hydrogen-bond acceptors (Lipinski definition) is 2. The van der Waals surface area contributed by atoms with Crippen molar-refractivity contribution in [2.45, 2.75) is 36.6 Å². The first-order valence-electron chi connectivity index (χ1n) is 7.42. The standard InChI is InChI=1S/C17H20ClNO/c1-11-15(12-6-4-3-5-7-12)20-17(19(11)2)14-9-8-13(10-14)16(17)18/h3-9,11,13-16H,10H2,1-2H3/t11-,13-,14+,15-,16-,17?/m0/s1. The molecule has 1 unspecified atom stereocenters. The monoisotopic (exact) mass is 289 g/mol. The predicted octanol–water partition coefficient (Wildman–Crippen LogP) is 3.59. The number of fused-ring (bicyclic) bond motifs is 3. The van der Waals surface area contributed by atoms with Crippen LogP contribution in [0.4, 0.5) is 0 Å². The Balaban J connectivity index is 1.73. The van der Waals surface area contributed by atoms with Crippen LogP contribution < -0.4 is 0 Å². The molecule has 1 spiro atoms. The molecule has 4 rings (SSSR count). The van der Waals surface area contributed by atoms with Crippen LogP contribution in [0.25, 0.3) is 0 Å². The van der Waals surface area contributed by atoms with E-state index in [1.54, 1.807) is 0 Å². The first kappa shape index (κ1) is 12.9. The van der Waals surface area contributed by atoms with Crippen LogP contribution in [0.3, 0.4) is 0 Å². The molecule has 0 radical (unpaired) electrons. The number of halogens is 1. The number of alkyl halides is 1. The van der Waals surface area contributed by atoms with E-state index in [0.29, 0.717) is 17.9 Å². The largest absolute Gasteiger partial charge is 0.349 e. The number of nitrogens with zero attached hydrogens (tertiary/aromatic N) is 1. The Labute approximate surface area is 125 Å². The normalized spacial score (nSPS) is 46.6. The molecular formula is C17H20ClNO. The van der Waals surface area contributed by atoms with E-state index in [2.05, 4.69) is 55.3 Å². The van der Waals surface area contributed by atoms with Crippen molar-refractivity contribution >= 4 is 11.6 Å². The van der Waals surface area contributed by atoms with Crippen molar-refractivity contribution in [3.63, 3.8) is 0 Å². The van der Waals surface area contributed by atoms with Crippen molar-refractivity contribution < 1.29 is 4.74 Å². The smallest absolute Gasteiger partial charge is 0.146 e. The second-order valence-corrected chi connectivity index (χ2v) is 6.82. The lowest BCUT2D eigenvalue weighted by Crippen LogP contribution is -2.54. The van der Waals surface area contributed by atoms with Crippen LogP contribution in [0.1, 0.15) is 25.0 Å². The van der Waals surface area contributed by atoms with Crippen LogP contribution in [0, 0.1) is 11.8 Å². The van der Waals surface area contributed by atoms with Gasteiger partial charge in [-0.2, -0.15) is 0 Å². The maximum Gasteiger partial charge on any atom is 0.146 e. The summed E-state index contributed by atoms with van der Waals surface area (Å²) in [5, 5.41) is 0.0543. The molecule has 2 bridgehead atoms. The summed E-state index contributed by atoms with van der Waals surface area (Å²) in [6.07, 6.45) is 5.81. The first-order valence-corrected chi connectivity index (χ1v) is 7.86. The number of allylic oxidation sites excluding steroid dienone is 1. The van der Waals surface area contributed by atoms with E-state index in [9.17, 15) is 0 Å². The van der Waals surface area contributed by atoms with Crippen molar-refractivity contribution in [2.24, 2.45) is 11.8 Å². The minimum Gasteiger partial charge on any atom is -0.349 e. The van der Waals surface area contributed by atoms with E-state index in [1.807, 2.05) is 6.07 Å². The van der Waals surface area contributed by atoms with Gasteiger partial charge in [0.1, 0.15) is 11.8 Å². The van der Waals surface area contributed by atoms with Crippen molar-refractivity contribution in [2.75, 3.05) is 7.05 Å². The van der Waals surface area contributed by atoms with Gasteiger partial charge in [-0.25, -0.2) is 0 Å². The van der Waals surface area contributed by atoms with Crippen LogP contribution in [-0.2, 0) is 4.74 Å². The van der Waals surface area contributed by atoms with Crippen molar-refractivity contribution in [3.8, 4) is 0 Å². The lowest BCUT2D eigenvalue weighted by atomic mass is 9.95. The van der Waals surface area contributed by atoms with Gasteiger partial charge >= 0.3 is 0 Å². The minimum absolute atomic E-state index is 0.0543. The average Bonchev–Trinajstić information content (AvgIpc) is 3.12. The van der Waals surface area contributed by atoms with Gasteiger partial charge in [-0.05, 0) is 31.9 Å². The maximum absolute atomic E-state index is 6.77. The lowest BCUT2D eigenvalue weighted by molar-refractivity contribution is -0.113. The molecule has 0 amide bonds. The van der Waals surface area contributed by atoms with Gasteiger partial charge in [0.15, 0.2) is 0 Å². The SMILES string of the molecule is C[C@H]1[C@@H](c2ccccc2)OC2([C@@H]3C=C[C@@H](C3)[C@@H]2Cl)N1C. The van der Waals surface area contributed by atoms with E-state index < -0.39 is 0 Å². The zero-order chi connectivity index (χ0) is 13.9. The van der Waals surface area contributed by atoms with Crippen LogP contribution in [0.5, 0.6) is 0 Å². The molecule has 1 saturated carbocycles. The molecule has 1 aliphatic heterocycles. The molecule has 3 heteroatoms. The Morgan fingerprint density at radius 1 is 1.25 bits per heavy atom. The third kappa shape index (κ3) is 1.47. The number of likely N-dealkylation sites (N-methyl/N-ethyl adjacent to an activating group) is 1. The van der Waals surface area contributed by atoms with E-state index in [-0.39, 0.29) is 17.2 Å². The van der Waals surface area contributed by atoms with Crippen molar-refractivity contribution in [3.05, 3.63) is 48.0 Å². The van der Waals surface area contributed by atoms with E-state index in [1.165, 1.54) is 5.56 Å². The average molecular weight is 290 g/mol. The number of ether oxygens (including phenoxy) is 1. The van der Waals surface area contributed by atoms with Crippen LogP contribution in [0.2, 0.25) is 0 Å². The summed E-state index contributed by atoms with van der Waals surface area (Å²) in [5.41, 5.74) is 0.931. The lowest BCUT2D eigenvalue weighted by Gasteiger charge is -2.40. The highest BCUT2D eigenvalue weighted by Gasteiger charge is 2.64. The summed E-state index contributed by atoms with van der Waals surface area (Å²) in [4.78, 5) is 2.37. The van der Waals surface area contributed by atoms with Gasteiger partial charge in [-0.3, -0.25) is 4.90 Å². The van der Waals surface area contributed by atoms with Gasteiger partial charge in [0, 0.05) is 12.0 Å². The van der Waals surface area contributed by atoms with Gasteiger partial charge in [-0.15, -0.1) is 11.6 Å². The van der Waals surface area contributed by atoms with E-state index in [0.717, 1.165) is 6.42 Å². The second-order valence-electron chi connectivity index (χ2n) is 6.35. The highest BCUT2D eigenvalue weighted by Crippen LogP contribution is 2.58. The van der Waals surface area contributed by atoms with Gasteiger partial charge in [0.05, 0.1) is 5.38 Å². The van der Waals surface area contributed by atoms with Crippen LogP contribution >= 0.6 is 11.6 Å². The van der Waals surface area contributed by atoms with Crippen molar-refractivity contribution in [1.82, 2.24) is 4.90 Å². The third-order valence-corrected chi connectivity index (χ3v) is 6.10. The molecule has 1 aromatic carbocycles. The zero-order valence-electron chi connectivity index (χ0n) is 11.9. The molecule has 0 aromatic heterocycles. The molecule has 20 heavy (non-hydrogen) atoms. The molecule has 3 aliphatic rings. The second kappa shape index (κ2) is 4.33. The molecule has 2 nitrogen and oxygen atoms in total. The Morgan fingerprint density at radius 3 is 2.65 bits per heavy atom. The van der Waals surface area contributed by atoms with Gasteiger partial charge in [0.2, 0.25) is 0 Å². The molecule has 2 fully saturated rings. The van der Waals surface area contributed by atoms with Crippen molar-refractivity contribution in [1.29, 1.82) is 0 Å². The highest BCUT2D eigenvalue weighted by atomic mass is 35.5. The van der Waals surface area contributed by atoms with Gasteiger partial charge in [-0.1, -0.05) is 42.5 Å². The Bertz CT molecular complexity index is 545. The molecule has 106 valence electrons. The molecule has 0 N–H and O–H groups in total. The first-order chi connectivity index (χ1) is 9.64. The fraction of sp³-hybridized carbons (Fsp3) is 0.529. The number of hydrogen-bond donors (Lipinski definition) is 0. The zero-order valence-corrected chi connectivity index (χ0v) is 12.6. The fourth-order valence-electron chi connectivity index (χ4n) is 4.27. The van der Waals surface area contributed by atoms with E-state index in [4.69, 9.17) is 16.3 Å². The maximum atomic E-state index is 6.77. The summed E-state index contributed by atoms with van der Waals surface area (Å²) in [6.45, 7) is 2.24. The molecule has 1 aromatic rings. The van der Waals surface area contributed by atoms with Gasteiger partial charge < -0.3 is 4.74 Å². The highest BCUT2D eigenvalue weighted by molar-refractivity contribution is 6.22. The summed E-state index contributed by atoms with van der Waals surface area (Å²) in [5.74, 6) is 0.891. The summed E-state index contributed by atoms with van der Waals surface area (Å²) in [6, 6.07) is 10.9. The Kier molecular flexibility index (Phi) is 2.79.